The van der Waals surface area contributed by atoms with Gasteiger partial charge in [-0.15, -0.1) is 0 Å². The van der Waals surface area contributed by atoms with Crippen molar-refractivity contribution in [1.82, 2.24) is 4.90 Å². The number of nitrogens with zero attached hydrogens (tertiary/aromatic N) is 1. The van der Waals surface area contributed by atoms with E-state index in [-0.39, 0.29) is 28.9 Å². The predicted octanol–water partition coefficient (Wildman–Crippen LogP) is 3.98. The number of methoxy groups -OCH3 is 1. The average molecular weight is 403 g/mol. The van der Waals surface area contributed by atoms with Gasteiger partial charge in [0.2, 0.25) is 5.91 Å². The first-order chi connectivity index (χ1) is 13.4. The van der Waals surface area contributed by atoms with E-state index >= 15 is 0 Å². The molecule has 5 nitrogen and oxygen atoms in total. The number of carbonyl (C=O) groups excluding carboxylic acids is 2. The zero-order chi connectivity index (χ0) is 19.9. The van der Waals surface area contributed by atoms with Crippen molar-refractivity contribution < 1.29 is 18.7 Å². The zero-order valence-corrected chi connectivity index (χ0v) is 16.1. The average Bonchev–Trinajstić information content (AvgIpc) is 2.61. The molecule has 0 bridgehead atoms. The van der Waals surface area contributed by atoms with E-state index in [0.29, 0.717) is 29.4 Å². The van der Waals surface area contributed by atoms with Crippen LogP contribution in [0.1, 0.15) is 23.2 Å². The fraction of sp³-hybridized carbons (Fsp3) is 0.333. The molecular weight excluding hydrogens is 383 g/mol. The van der Waals surface area contributed by atoms with Crippen LogP contribution in [-0.2, 0) is 4.79 Å². The van der Waals surface area contributed by atoms with E-state index < -0.39 is 5.82 Å². The van der Waals surface area contributed by atoms with Crippen LogP contribution >= 0.6 is 11.6 Å². The molecule has 1 heterocycles. The first kappa shape index (κ1) is 18.7. The van der Waals surface area contributed by atoms with Crippen molar-refractivity contribution in [2.75, 3.05) is 25.5 Å². The number of benzene rings is 2. The Kier molecular flexibility index (Phi) is 4.75. The summed E-state index contributed by atoms with van der Waals surface area (Å²) in [4.78, 5) is 26.8. The molecule has 4 rings (SSSR count). The van der Waals surface area contributed by atoms with Crippen LogP contribution < -0.4 is 10.1 Å². The maximum Gasteiger partial charge on any atom is 0.257 e. The summed E-state index contributed by atoms with van der Waals surface area (Å²) in [6.45, 7) is 1.20. The molecule has 2 fully saturated rings. The summed E-state index contributed by atoms with van der Waals surface area (Å²) in [7, 11) is 1.41. The lowest BCUT2D eigenvalue weighted by atomic mass is 9.57. The molecule has 1 aliphatic carbocycles. The number of halogens is 2. The van der Waals surface area contributed by atoms with Gasteiger partial charge in [0.1, 0.15) is 11.6 Å². The first-order valence-corrected chi connectivity index (χ1v) is 9.47. The standard InChI is InChI=1S/C21H20ClFN2O3/c1-28-18-8-14(23)6-7-15(18)20(27)25-11-21(12-25)9-13(10-21)19(26)24-17-5-3-2-4-16(17)22/h2-8,13H,9-12H2,1H3,(H,24,26). The second-order valence-electron chi connectivity index (χ2n) is 7.58. The van der Waals surface area contributed by atoms with Crippen LogP contribution in [-0.4, -0.2) is 36.9 Å². The Morgan fingerprint density at radius 2 is 1.93 bits per heavy atom. The van der Waals surface area contributed by atoms with E-state index in [2.05, 4.69) is 5.32 Å². The van der Waals surface area contributed by atoms with Crippen molar-refractivity contribution in [2.24, 2.45) is 11.3 Å². The van der Waals surface area contributed by atoms with Gasteiger partial charge in [0.05, 0.1) is 23.4 Å². The fourth-order valence-corrected chi connectivity index (χ4v) is 4.33. The maximum atomic E-state index is 13.3. The van der Waals surface area contributed by atoms with Crippen LogP contribution in [0.2, 0.25) is 5.02 Å². The lowest BCUT2D eigenvalue weighted by molar-refractivity contribution is -0.135. The van der Waals surface area contributed by atoms with Crippen molar-refractivity contribution in [3.63, 3.8) is 0 Å². The summed E-state index contributed by atoms with van der Waals surface area (Å²) in [5.41, 5.74) is 0.973. The van der Waals surface area contributed by atoms with Gasteiger partial charge in [0.15, 0.2) is 0 Å². The summed E-state index contributed by atoms with van der Waals surface area (Å²) in [5, 5.41) is 3.39. The number of hydrogen-bond donors (Lipinski definition) is 1. The number of likely N-dealkylation sites (tertiary alicyclic amines) is 1. The molecule has 0 atom stereocenters. The fourth-order valence-electron chi connectivity index (χ4n) is 4.15. The molecule has 1 N–H and O–H groups in total. The monoisotopic (exact) mass is 402 g/mol. The summed E-state index contributed by atoms with van der Waals surface area (Å²) >= 11 is 6.08. The van der Waals surface area contributed by atoms with Gasteiger partial charge in [0.25, 0.3) is 5.91 Å². The molecule has 2 aromatic rings. The topological polar surface area (TPSA) is 58.6 Å². The number of para-hydroxylation sites is 1. The molecule has 1 spiro atoms. The molecule has 146 valence electrons. The highest BCUT2D eigenvalue weighted by molar-refractivity contribution is 6.33. The van der Waals surface area contributed by atoms with E-state index in [9.17, 15) is 14.0 Å². The number of anilines is 1. The minimum atomic E-state index is -0.445. The lowest BCUT2D eigenvalue weighted by Gasteiger charge is -2.58. The first-order valence-electron chi connectivity index (χ1n) is 9.09. The van der Waals surface area contributed by atoms with Gasteiger partial charge in [-0.1, -0.05) is 23.7 Å². The number of amides is 2. The molecular formula is C21H20ClFN2O3. The Morgan fingerprint density at radius 1 is 1.21 bits per heavy atom. The molecule has 1 saturated carbocycles. The number of nitrogens with one attached hydrogen (secondary N) is 1. The van der Waals surface area contributed by atoms with Gasteiger partial charge in [0, 0.05) is 30.5 Å². The molecule has 1 aliphatic heterocycles. The Hall–Kier alpha value is -2.60. The van der Waals surface area contributed by atoms with Crippen LogP contribution in [0.3, 0.4) is 0 Å². The molecule has 0 unspecified atom stereocenters. The second kappa shape index (κ2) is 7.09. The SMILES string of the molecule is COc1cc(F)ccc1C(=O)N1CC2(CC(C(=O)Nc3ccccc3Cl)C2)C1. The Labute approximate surface area is 167 Å². The van der Waals surface area contributed by atoms with E-state index in [0.717, 1.165) is 12.8 Å². The van der Waals surface area contributed by atoms with Gasteiger partial charge in [-0.05, 0) is 37.1 Å². The largest absolute Gasteiger partial charge is 0.496 e. The molecule has 0 radical (unpaired) electrons. The Morgan fingerprint density at radius 3 is 2.61 bits per heavy atom. The van der Waals surface area contributed by atoms with Crippen LogP contribution in [0.25, 0.3) is 0 Å². The third-order valence-electron chi connectivity index (χ3n) is 5.60. The van der Waals surface area contributed by atoms with Crippen LogP contribution in [0.4, 0.5) is 10.1 Å². The summed E-state index contributed by atoms with van der Waals surface area (Å²) < 4.78 is 18.5. The smallest absolute Gasteiger partial charge is 0.257 e. The second-order valence-corrected chi connectivity index (χ2v) is 7.99. The maximum absolute atomic E-state index is 13.3. The van der Waals surface area contributed by atoms with Crippen molar-refractivity contribution in [3.05, 3.63) is 58.9 Å². The van der Waals surface area contributed by atoms with E-state index in [1.165, 1.54) is 25.3 Å². The minimum absolute atomic E-state index is 0.00537. The third-order valence-corrected chi connectivity index (χ3v) is 5.92. The van der Waals surface area contributed by atoms with Crippen LogP contribution in [0.5, 0.6) is 5.75 Å². The molecule has 2 aromatic carbocycles. The van der Waals surface area contributed by atoms with Crippen molar-refractivity contribution in [3.8, 4) is 5.75 Å². The molecule has 2 aliphatic rings. The van der Waals surface area contributed by atoms with Crippen LogP contribution in [0, 0.1) is 17.2 Å². The third kappa shape index (κ3) is 3.33. The number of carbonyl (C=O) groups is 2. The Balaban J connectivity index is 1.32. The highest BCUT2D eigenvalue weighted by Gasteiger charge is 2.55. The lowest BCUT2D eigenvalue weighted by Crippen LogP contribution is -2.65. The van der Waals surface area contributed by atoms with E-state index in [1.807, 2.05) is 12.1 Å². The highest BCUT2D eigenvalue weighted by Crippen LogP contribution is 2.52. The van der Waals surface area contributed by atoms with Crippen molar-refractivity contribution in [2.45, 2.75) is 12.8 Å². The summed E-state index contributed by atoms with van der Waals surface area (Å²) in [5.74, 6) is -0.500. The predicted molar refractivity (Wildman–Crippen MR) is 104 cm³/mol. The number of hydrogen-bond acceptors (Lipinski definition) is 3. The van der Waals surface area contributed by atoms with Gasteiger partial charge >= 0.3 is 0 Å². The molecule has 0 aromatic heterocycles. The molecule has 7 heteroatoms. The van der Waals surface area contributed by atoms with Gasteiger partial charge in [-0.3, -0.25) is 9.59 Å². The van der Waals surface area contributed by atoms with E-state index in [4.69, 9.17) is 16.3 Å². The number of ether oxygens (including phenoxy) is 1. The van der Waals surface area contributed by atoms with Gasteiger partial charge in [-0.25, -0.2) is 4.39 Å². The molecule has 2 amide bonds. The van der Waals surface area contributed by atoms with Crippen molar-refractivity contribution >= 4 is 29.1 Å². The normalized spacial score (nSPS) is 17.6. The van der Waals surface area contributed by atoms with Crippen molar-refractivity contribution in [1.29, 1.82) is 0 Å². The Bertz CT molecular complexity index is 935. The quantitative estimate of drug-likeness (QED) is 0.841. The zero-order valence-electron chi connectivity index (χ0n) is 15.4. The molecule has 1 saturated heterocycles. The van der Waals surface area contributed by atoms with E-state index in [1.54, 1.807) is 17.0 Å². The van der Waals surface area contributed by atoms with Gasteiger partial charge in [-0.2, -0.15) is 0 Å². The number of rotatable bonds is 4. The summed E-state index contributed by atoms with van der Waals surface area (Å²) in [6, 6.07) is 11.1. The highest BCUT2D eigenvalue weighted by atomic mass is 35.5. The minimum Gasteiger partial charge on any atom is -0.496 e. The van der Waals surface area contributed by atoms with Crippen LogP contribution in [0.15, 0.2) is 42.5 Å². The van der Waals surface area contributed by atoms with Gasteiger partial charge < -0.3 is 15.0 Å². The summed E-state index contributed by atoms with van der Waals surface area (Å²) in [6.07, 6.45) is 1.49. The molecule has 28 heavy (non-hydrogen) atoms.